The van der Waals surface area contributed by atoms with Crippen LogP contribution >= 0.6 is 12.4 Å². The van der Waals surface area contributed by atoms with Crippen molar-refractivity contribution in [3.63, 3.8) is 0 Å². The largest absolute Gasteiger partial charge is 0.388 e. The minimum absolute atomic E-state index is 0. The molecule has 28 heavy (non-hydrogen) atoms. The van der Waals surface area contributed by atoms with Crippen molar-refractivity contribution in [1.82, 2.24) is 25.4 Å². The molecular formula is C19H26ClN5O3. The number of aliphatic hydroxyl groups excluding tert-OH is 1. The molecule has 0 radical (unpaired) electrons. The van der Waals surface area contributed by atoms with Gasteiger partial charge in [0.1, 0.15) is 18.8 Å². The molecule has 0 aliphatic carbocycles. The van der Waals surface area contributed by atoms with Gasteiger partial charge in [0.05, 0.1) is 17.7 Å². The van der Waals surface area contributed by atoms with Crippen molar-refractivity contribution < 1.29 is 14.6 Å². The average molecular weight is 408 g/mol. The van der Waals surface area contributed by atoms with Crippen molar-refractivity contribution in [1.29, 1.82) is 0 Å². The van der Waals surface area contributed by atoms with E-state index >= 15 is 0 Å². The molecule has 9 heteroatoms. The van der Waals surface area contributed by atoms with Crippen LogP contribution in [0, 0.1) is 0 Å². The Hall–Kier alpha value is -2.00. The Balaban J connectivity index is 0.00000225. The van der Waals surface area contributed by atoms with E-state index in [-0.39, 0.29) is 30.5 Å². The van der Waals surface area contributed by atoms with Crippen molar-refractivity contribution in [2.24, 2.45) is 0 Å². The minimum Gasteiger partial charge on any atom is -0.388 e. The number of halogens is 1. The number of amides is 1. The molecule has 0 unspecified atom stereocenters. The number of hydrogen-bond donors (Lipinski definition) is 3. The number of rotatable bonds is 3. The molecule has 152 valence electrons. The summed E-state index contributed by atoms with van der Waals surface area (Å²) >= 11 is 0. The number of nitrogens with one attached hydrogen (secondary N) is 2. The number of nitrogens with zero attached hydrogens (tertiary/aromatic N) is 3. The van der Waals surface area contributed by atoms with Gasteiger partial charge in [-0.05, 0) is 51.1 Å². The molecule has 1 amide bonds. The lowest BCUT2D eigenvalue weighted by molar-refractivity contribution is -0.169. The Morgan fingerprint density at radius 1 is 1.32 bits per heavy atom. The zero-order valence-electron chi connectivity index (χ0n) is 15.8. The van der Waals surface area contributed by atoms with Crippen LogP contribution in [0.1, 0.15) is 36.5 Å². The maximum atomic E-state index is 12.9. The summed E-state index contributed by atoms with van der Waals surface area (Å²) in [5, 5.41) is 24.6. The van der Waals surface area contributed by atoms with Crippen LogP contribution < -0.4 is 10.6 Å². The normalized spacial score (nSPS) is 26.4. The van der Waals surface area contributed by atoms with Gasteiger partial charge in [-0.15, -0.1) is 22.6 Å². The molecule has 0 saturated carbocycles. The van der Waals surface area contributed by atoms with E-state index < -0.39 is 11.6 Å². The van der Waals surface area contributed by atoms with E-state index in [1.807, 2.05) is 19.1 Å². The van der Waals surface area contributed by atoms with Crippen LogP contribution in [0.2, 0.25) is 0 Å². The highest BCUT2D eigenvalue weighted by Gasteiger charge is 2.49. The van der Waals surface area contributed by atoms with Crippen LogP contribution in [0.3, 0.4) is 0 Å². The molecular weight excluding hydrogens is 382 g/mol. The molecule has 2 atom stereocenters. The van der Waals surface area contributed by atoms with E-state index in [2.05, 4.69) is 20.8 Å². The highest BCUT2D eigenvalue weighted by molar-refractivity contribution is 5.95. The Labute approximate surface area is 170 Å². The van der Waals surface area contributed by atoms with Gasteiger partial charge in [0.25, 0.3) is 5.91 Å². The standard InChI is InChI=1S/C19H25N5O3.ClH/c1-18(11-19(27-10-16(18)25)5-7-20-8-6-19)23-17(26)14-3-2-4-15(9-14)24-12-21-22-13-24;/h2-4,9,12-13,16,20,25H,5-8,10-11H2,1H3,(H,23,26);1H/t16-,18-;/m0./s1. The van der Waals surface area contributed by atoms with E-state index in [0.29, 0.717) is 12.0 Å². The maximum absolute atomic E-state index is 12.9. The third kappa shape index (κ3) is 4.05. The molecule has 2 fully saturated rings. The first-order chi connectivity index (χ1) is 13.0. The van der Waals surface area contributed by atoms with E-state index in [0.717, 1.165) is 31.6 Å². The van der Waals surface area contributed by atoms with E-state index in [1.54, 1.807) is 29.4 Å². The Morgan fingerprint density at radius 2 is 2.04 bits per heavy atom. The predicted molar refractivity (Wildman–Crippen MR) is 106 cm³/mol. The van der Waals surface area contributed by atoms with Crippen LogP contribution in [-0.2, 0) is 4.74 Å². The number of carbonyl (C=O) groups is 1. The van der Waals surface area contributed by atoms with Crippen LogP contribution in [0.15, 0.2) is 36.9 Å². The molecule has 3 N–H and O–H groups in total. The maximum Gasteiger partial charge on any atom is 0.251 e. The number of aliphatic hydroxyl groups is 1. The molecule has 2 aliphatic rings. The van der Waals surface area contributed by atoms with Crippen LogP contribution in [0.5, 0.6) is 0 Å². The van der Waals surface area contributed by atoms with Crippen LogP contribution in [0.4, 0.5) is 0 Å². The first kappa shape index (κ1) is 20.7. The second kappa shape index (κ2) is 8.16. The van der Waals surface area contributed by atoms with Gasteiger partial charge < -0.3 is 20.5 Å². The van der Waals surface area contributed by atoms with Gasteiger partial charge in [-0.2, -0.15) is 0 Å². The van der Waals surface area contributed by atoms with Gasteiger partial charge in [0.15, 0.2) is 0 Å². The van der Waals surface area contributed by atoms with Gasteiger partial charge in [0.2, 0.25) is 0 Å². The quantitative estimate of drug-likeness (QED) is 0.703. The van der Waals surface area contributed by atoms with Crippen LogP contribution in [-0.4, -0.2) is 62.7 Å². The summed E-state index contributed by atoms with van der Waals surface area (Å²) in [6, 6.07) is 7.25. The Morgan fingerprint density at radius 3 is 2.75 bits per heavy atom. The molecule has 2 aliphatic heterocycles. The van der Waals surface area contributed by atoms with Crippen molar-refractivity contribution in [2.45, 2.75) is 43.4 Å². The summed E-state index contributed by atoms with van der Waals surface area (Å²) in [6.45, 7) is 3.92. The van der Waals surface area contributed by atoms with E-state index in [1.165, 1.54) is 0 Å². The van der Waals surface area contributed by atoms with Gasteiger partial charge >= 0.3 is 0 Å². The van der Waals surface area contributed by atoms with Gasteiger partial charge in [-0.1, -0.05) is 6.07 Å². The molecule has 0 bridgehead atoms. The molecule has 2 aromatic rings. The molecule has 1 aromatic heterocycles. The average Bonchev–Trinajstić information content (AvgIpc) is 3.21. The fourth-order valence-electron chi connectivity index (χ4n) is 4.08. The zero-order valence-corrected chi connectivity index (χ0v) is 16.6. The fraction of sp³-hybridized carbons (Fsp3) is 0.526. The number of ether oxygens (including phenoxy) is 1. The summed E-state index contributed by atoms with van der Waals surface area (Å²) < 4.78 is 7.75. The predicted octanol–water partition coefficient (Wildman–Crippen LogP) is 1.08. The van der Waals surface area contributed by atoms with Crippen molar-refractivity contribution in [2.75, 3.05) is 19.7 Å². The van der Waals surface area contributed by atoms with E-state index in [4.69, 9.17) is 4.74 Å². The summed E-state index contributed by atoms with van der Waals surface area (Å²) in [6.07, 6.45) is 4.79. The minimum atomic E-state index is -0.747. The molecule has 4 rings (SSSR count). The smallest absolute Gasteiger partial charge is 0.251 e. The molecule has 3 heterocycles. The van der Waals surface area contributed by atoms with Crippen molar-refractivity contribution in [3.05, 3.63) is 42.5 Å². The number of piperidine rings is 1. The first-order valence-corrected chi connectivity index (χ1v) is 9.30. The van der Waals surface area contributed by atoms with Gasteiger partial charge in [-0.3, -0.25) is 9.36 Å². The highest BCUT2D eigenvalue weighted by atomic mass is 35.5. The molecule has 1 spiro atoms. The topological polar surface area (TPSA) is 101 Å². The summed E-state index contributed by atoms with van der Waals surface area (Å²) in [4.78, 5) is 12.9. The summed E-state index contributed by atoms with van der Waals surface area (Å²) in [5.41, 5.74) is 0.316. The first-order valence-electron chi connectivity index (χ1n) is 9.30. The highest BCUT2D eigenvalue weighted by Crippen LogP contribution is 2.38. The van der Waals surface area contributed by atoms with Crippen LogP contribution in [0.25, 0.3) is 5.69 Å². The lowest BCUT2D eigenvalue weighted by atomic mass is 9.75. The lowest BCUT2D eigenvalue weighted by Gasteiger charge is -2.50. The second-order valence-electron chi connectivity index (χ2n) is 7.73. The fourth-order valence-corrected chi connectivity index (χ4v) is 4.08. The third-order valence-corrected chi connectivity index (χ3v) is 5.71. The number of carbonyl (C=O) groups excluding carboxylic acids is 1. The molecule has 2 saturated heterocycles. The lowest BCUT2D eigenvalue weighted by Crippen LogP contribution is -2.65. The third-order valence-electron chi connectivity index (χ3n) is 5.71. The molecule has 1 aromatic carbocycles. The molecule has 8 nitrogen and oxygen atoms in total. The monoisotopic (exact) mass is 407 g/mol. The van der Waals surface area contributed by atoms with Crippen molar-refractivity contribution >= 4 is 18.3 Å². The van der Waals surface area contributed by atoms with E-state index in [9.17, 15) is 9.90 Å². The SMILES string of the molecule is C[C@]1(NC(=O)c2cccc(-n3cnnc3)c2)CC2(CCNCC2)OC[C@@H]1O.Cl. The van der Waals surface area contributed by atoms with Gasteiger partial charge in [0, 0.05) is 17.7 Å². The van der Waals surface area contributed by atoms with Crippen molar-refractivity contribution in [3.8, 4) is 5.69 Å². The number of benzene rings is 1. The Kier molecular flexibility index (Phi) is 6.04. The number of aromatic nitrogens is 3. The van der Waals surface area contributed by atoms with Gasteiger partial charge in [-0.25, -0.2) is 0 Å². The zero-order chi connectivity index (χ0) is 18.9. The number of hydrogen-bond acceptors (Lipinski definition) is 6. The Bertz CT molecular complexity index is 810. The second-order valence-corrected chi connectivity index (χ2v) is 7.73. The summed E-state index contributed by atoms with van der Waals surface area (Å²) in [7, 11) is 0. The summed E-state index contributed by atoms with van der Waals surface area (Å²) in [5.74, 6) is -0.211.